The van der Waals surface area contributed by atoms with Gasteiger partial charge in [-0.2, -0.15) is 0 Å². The lowest BCUT2D eigenvalue weighted by Crippen LogP contribution is -2.55. The molecule has 4 unspecified atom stereocenters. The van der Waals surface area contributed by atoms with Crippen LogP contribution in [0.15, 0.2) is 23.8 Å². The second kappa shape index (κ2) is 7.83. The average molecular weight is 366 g/mol. The predicted octanol–water partition coefficient (Wildman–Crippen LogP) is 3.29. The van der Waals surface area contributed by atoms with E-state index in [2.05, 4.69) is 13.8 Å². The maximum absolute atomic E-state index is 12.1. The number of methoxy groups -OCH3 is 1. The Balaban J connectivity index is 2.40. The number of esters is 1. The van der Waals surface area contributed by atoms with Gasteiger partial charge in [0.15, 0.2) is 0 Å². The van der Waals surface area contributed by atoms with E-state index in [1.165, 1.54) is 7.11 Å². The Kier molecular flexibility index (Phi) is 6.36. The van der Waals surface area contributed by atoms with Crippen LogP contribution in [0.25, 0.3) is 0 Å². The minimum absolute atomic E-state index is 0.201. The average Bonchev–Trinajstić information content (AvgIpc) is 2.56. The first-order valence-corrected chi connectivity index (χ1v) is 9.62. The Morgan fingerprint density at radius 1 is 1.23 bits per heavy atom. The molecule has 148 valence electrons. The highest BCUT2D eigenvalue weighted by Crippen LogP contribution is 2.43. The van der Waals surface area contributed by atoms with Gasteiger partial charge in [-0.3, -0.25) is 0 Å². The van der Waals surface area contributed by atoms with Crippen molar-refractivity contribution in [2.24, 2.45) is 5.92 Å². The van der Waals surface area contributed by atoms with Crippen LogP contribution in [-0.2, 0) is 14.3 Å². The van der Waals surface area contributed by atoms with E-state index in [1.807, 2.05) is 18.2 Å². The smallest absolute Gasteiger partial charge is 0.333 e. The van der Waals surface area contributed by atoms with Crippen LogP contribution in [0.5, 0.6) is 0 Å². The molecule has 0 saturated carbocycles. The van der Waals surface area contributed by atoms with E-state index in [4.69, 9.17) is 9.47 Å². The maximum Gasteiger partial charge on any atom is 0.333 e. The van der Waals surface area contributed by atoms with Crippen molar-refractivity contribution in [3.05, 3.63) is 23.8 Å². The highest BCUT2D eigenvalue weighted by molar-refractivity contribution is 5.88. The highest BCUT2D eigenvalue weighted by atomic mass is 16.5. The summed E-state index contributed by atoms with van der Waals surface area (Å²) in [5.41, 5.74) is -1.88. The second-order valence-corrected chi connectivity index (χ2v) is 8.56. The predicted molar refractivity (Wildman–Crippen MR) is 101 cm³/mol. The van der Waals surface area contributed by atoms with E-state index in [-0.39, 0.29) is 18.0 Å². The fraction of sp³-hybridized carbons (Fsp3) is 0.762. The van der Waals surface area contributed by atoms with Crippen LogP contribution in [0, 0.1) is 5.92 Å². The normalized spacial score (nSPS) is 38.9. The lowest BCUT2D eigenvalue weighted by atomic mass is 9.75. The van der Waals surface area contributed by atoms with Gasteiger partial charge in [-0.25, -0.2) is 4.79 Å². The third kappa shape index (κ3) is 4.76. The lowest BCUT2D eigenvalue weighted by Gasteiger charge is -2.49. The van der Waals surface area contributed by atoms with Gasteiger partial charge in [0.25, 0.3) is 0 Å². The van der Waals surface area contributed by atoms with Gasteiger partial charge in [-0.05, 0) is 58.3 Å². The Morgan fingerprint density at radius 3 is 2.54 bits per heavy atom. The van der Waals surface area contributed by atoms with Crippen molar-refractivity contribution in [2.75, 3.05) is 7.11 Å². The van der Waals surface area contributed by atoms with Gasteiger partial charge in [0.2, 0.25) is 0 Å². The van der Waals surface area contributed by atoms with Crippen molar-refractivity contribution in [1.82, 2.24) is 0 Å². The molecule has 2 N–H and O–H groups in total. The van der Waals surface area contributed by atoms with E-state index < -0.39 is 16.8 Å². The monoisotopic (exact) mass is 366 g/mol. The first-order valence-electron chi connectivity index (χ1n) is 9.62. The summed E-state index contributed by atoms with van der Waals surface area (Å²) in [6.45, 7) is 7.77. The Bertz CT molecular complexity index is 573. The molecule has 0 aromatic carbocycles. The summed E-state index contributed by atoms with van der Waals surface area (Å²) in [5.74, 6) is -0.158. The number of hydrogen-bond donors (Lipinski definition) is 2. The third-order valence-electron chi connectivity index (χ3n) is 5.94. The fourth-order valence-electron chi connectivity index (χ4n) is 3.82. The Morgan fingerprint density at radius 2 is 1.92 bits per heavy atom. The van der Waals surface area contributed by atoms with Crippen molar-refractivity contribution in [3.63, 3.8) is 0 Å². The van der Waals surface area contributed by atoms with Gasteiger partial charge >= 0.3 is 5.97 Å². The van der Waals surface area contributed by atoms with E-state index in [1.54, 1.807) is 13.8 Å². The number of carbonyl (C=O) groups excluding carboxylic acids is 1. The minimum atomic E-state index is -0.988. The molecule has 1 saturated heterocycles. The minimum Gasteiger partial charge on any atom is -0.466 e. The van der Waals surface area contributed by atoms with Gasteiger partial charge in [-0.1, -0.05) is 32.1 Å². The van der Waals surface area contributed by atoms with Crippen molar-refractivity contribution >= 4 is 5.97 Å². The highest BCUT2D eigenvalue weighted by Gasteiger charge is 2.47. The van der Waals surface area contributed by atoms with Crippen molar-refractivity contribution in [2.45, 2.75) is 89.1 Å². The summed E-state index contributed by atoms with van der Waals surface area (Å²) in [6.07, 6.45) is 8.69. The quantitative estimate of drug-likeness (QED) is 0.579. The lowest BCUT2D eigenvalue weighted by molar-refractivity contribution is -0.210. The van der Waals surface area contributed by atoms with Crippen molar-refractivity contribution in [3.8, 4) is 0 Å². The molecule has 4 atom stereocenters. The van der Waals surface area contributed by atoms with Crippen LogP contribution in [0.3, 0.4) is 0 Å². The number of fused-ring (bicyclic) bond motifs is 2. The van der Waals surface area contributed by atoms with Crippen LogP contribution in [0.4, 0.5) is 0 Å². The zero-order chi connectivity index (χ0) is 19.6. The van der Waals surface area contributed by atoms with E-state index in [0.29, 0.717) is 44.1 Å². The number of hydrogen-bond acceptors (Lipinski definition) is 5. The number of aliphatic hydroxyl groups is 2. The molecular formula is C21H34O5. The molecule has 26 heavy (non-hydrogen) atoms. The molecule has 0 radical (unpaired) electrons. The molecule has 2 aliphatic rings. The summed E-state index contributed by atoms with van der Waals surface area (Å²) < 4.78 is 11.3. The maximum atomic E-state index is 12.1. The molecule has 5 nitrogen and oxygen atoms in total. The molecule has 2 bridgehead atoms. The van der Waals surface area contributed by atoms with Crippen LogP contribution in [0.1, 0.15) is 66.2 Å². The molecule has 0 aromatic heterocycles. The summed E-state index contributed by atoms with van der Waals surface area (Å²) in [6, 6.07) is 0. The molecule has 2 heterocycles. The van der Waals surface area contributed by atoms with E-state index in [9.17, 15) is 15.0 Å². The van der Waals surface area contributed by atoms with Gasteiger partial charge in [0.1, 0.15) is 0 Å². The van der Waals surface area contributed by atoms with E-state index >= 15 is 0 Å². The zero-order valence-electron chi connectivity index (χ0n) is 16.7. The molecule has 0 spiro atoms. The van der Waals surface area contributed by atoms with Crippen LogP contribution >= 0.6 is 0 Å². The number of ether oxygens (including phenoxy) is 2. The summed E-state index contributed by atoms with van der Waals surface area (Å²) in [4.78, 5) is 12.1. The summed E-state index contributed by atoms with van der Waals surface area (Å²) in [7, 11) is 1.37. The van der Waals surface area contributed by atoms with Gasteiger partial charge in [0.05, 0.1) is 30.0 Å². The van der Waals surface area contributed by atoms with Crippen molar-refractivity contribution < 1.29 is 24.5 Å². The first kappa shape index (κ1) is 21.1. The van der Waals surface area contributed by atoms with Crippen LogP contribution in [0.2, 0.25) is 0 Å². The van der Waals surface area contributed by atoms with Crippen LogP contribution in [-0.4, -0.2) is 46.2 Å². The Labute approximate surface area is 157 Å². The SMILES string of the molecule is COC(=O)C1=CCCC(C)(O)C=CC2(C(C)C)CCC(C)(O)C(CC1)O2. The molecule has 1 fully saturated rings. The van der Waals surface area contributed by atoms with Gasteiger partial charge < -0.3 is 19.7 Å². The molecule has 2 aliphatic heterocycles. The van der Waals surface area contributed by atoms with Gasteiger partial charge in [0, 0.05) is 5.57 Å². The number of carbonyl (C=O) groups is 1. The first-order chi connectivity index (χ1) is 12.0. The third-order valence-corrected chi connectivity index (χ3v) is 5.94. The fourth-order valence-corrected chi connectivity index (χ4v) is 3.82. The zero-order valence-corrected chi connectivity index (χ0v) is 16.7. The molecule has 0 aromatic rings. The largest absolute Gasteiger partial charge is 0.466 e. The molecule has 5 heteroatoms. The van der Waals surface area contributed by atoms with Gasteiger partial charge in [-0.15, -0.1) is 0 Å². The Hall–Kier alpha value is -1.17. The molecule has 0 aliphatic carbocycles. The number of allylic oxidation sites excluding steroid dienone is 1. The molecule has 0 amide bonds. The molecule has 2 rings (SSSR count). The second-order valence-electron chi connectivity index (χ2n) is 8.56. The van der Waals surface area contributed by atoms with Crippen LogP contribution < -0.4 is 0 Å². The van der Waals surface area contributed by atoms with Crippen molar-refractivity contribution in [1.29, 1.82) is 0 Å². The topological polar surface area (TPSA) is 76.0 Å². The summed E-state index contributed by atoms with van der Waals surface area (Å²) >= 11 is 0. The number of rotatable bonds is 2. The summed E-state index contributed by atoms with van der Waals surface area (Å²) in [5, 5.41) is 21.5. The molecular weight excluding hydrogens is 332 g/mol. The standard InChI is InChI=1S/C21H34O5/c1-15(2)21-13-11-19(3,23)10-6-7-16(18(22)25-5)8-9-17(26-21)20(4,24)12-14-21/h7,11,13,15,17,23-24H,6,8-10,12,14H2,1-5H3. The van der Waals surface area contributed by atoms with E-state index in [0.717, 1.165) is 0 Å².